The van der Waals surface area contributed by atoms with E-state index in [2.05, 4.69) is 16.4 Å². The Hall–Kier alpha value is -4.52. The summed E-state index contributed by atoms with van der Waals surface area (Å²) in [5.41, 5.74) is 4.65. The molecule has 0 unspecified atom stereocenters. The van der Waals surface area contributed by atoms with E-state index >= 15 is 0 Å². The molecule has 0 fully saturated rings. The van der Waals surface area contributed by atoms with Crippen molar-refractivity contribution >= 4 is 28.8 Å². The lowest BCUT2D eigenvalue weighted by atomic mass is 9.87. The first kappa shape index (κ1) is 22.0. The third-order valence-electron chi connectivity index (χ3n) is 6.87. The number of nitrogens with zero attached hydrogens (tertiary/aromatic N) is 1. The van der Waals surface area contributed by atoms with Crippen molar-refractivity contribution in [3.8, 4) is 11.5 Å². The van der Waals surface area contributed by atoms with Crippen LogP contribution in [0.25, 0.3) is 17.0 Å². The number of carbonyl (C=O) groups excluding carboxylic acids is 2. The predicted octanol–water partition coefficient (Wildman–Crippen LogP) is 4.20. The van der Waals surface area contributed by atoms with E-state index in [1.54, 1.807) is 24.1 Å². The molecule has 4 aromatic rings. The lowest BCUT2D eigenvalue weighted by molar-refractivity contribution is -0.139. The predicted molar refractivity (Wildman–Crippen MR) is 137 cm³/mol. The molecule has 2 aliphatic rings. The molecular formula is C29H25N3O4. The van der Waals surface area contributed by atoms with Gasteiger partial charge in [0, 0.05) is 36.1 Å². The number of aromatic amines is 1. The summed E-state index contributed by atoms with van der Waals surface area (Å²) in [6.07, 6.45) is 3.73. The van der Waals surface area contributed by atoms with Crippen molar-refractivity contribution in [3.63, 3.8) is 0 Å². The van der Waals surface area contributed by atoms with E-state index in [1.165, 1.54) is 0 Å². The number of hydrogen-bond acceptors (Lipinski definition) is 4. The molecule has 0 radical (unpaired) electrons. The normalized spacial score (nSPS) is 18.4. The lowest BCUT2D eigenvalue weighted by Gasteiger charge is -2.41. The number of amides is 2. The smallest absolute Gasteiger partial charge is 0.248 e. The Morgan fingerprint density at radius 1 is 1.00 bits per heavy atom. The Balaban J connectivity index is 1.52. The average Bonchev–Trinajstić information content (AvgIpc) is 3.54. The van der Waals surface area contributed by atoms with E-state index in [0.29, 0.717) is 17.9 Å². The highest BCUT2D eigenvalue weighted by atomic mass is 16.7. The van der Waals surface area contributed by atoms with Crippen molar-refractivity contribution in [2.45, 2.75) is 18.5 Å². The molecule has 2 atom stereocenters. The van der Waals surface area contributed by atoms with Gasteiger partial charge < -0.3 is 24.7 Å². The minimum atomic E-state index is -0.690. The highest BCUT2D eigenvalue weighted by molar-refractivity contribution is 5.98. The Bertz CT molecular complexity index is 1490. The Morgan fingerprint density at radius 2 is 1.78 bits per heavy atom. The zero-order valence-corrected chi connectivity index (χ0v) is 19.7. The van der Waals surface area contributed by atoms with Gasteiger partial charge in [-0.05, 0) is 41.0 Å². The lowest BCUT2D eigenvalue weighted by Crippen LogP contribution is -2.53. The summed E-state index contributed by atoms with van der Waals surface area (Å²) in [6, 6.07) is 22.1. The number of para-hydroxylation sites is 1. The second-order valence-electron chi connectivity index (χ2n) is 8.90. The number of carbonyl (C=O) groups is 2. The van der Waals surface area contributed by atoms with E-state index in [-0.39, 0.29) is 18.6 Å². The molecule has 0 aliphatic carbocycles. The van der Waals surface area contributed by atoms with Crippen molar-refractivity contribution < 1.29 is 19.1 Å². The van der Waals surface area contributed by atoms with E-state index in [4.69, 9.17) is 9.47 Å². The minimum Gasteiger partial charge on any atom is -0.454 e. The first-order valence-corrected chi connectivity index (χ1v) is 11.9. The van der Waals surface area contributed by atoms with Crippen molar-refractivity contribution in [1.82, 2.24) is 15.2 Å². The molecule has 0 saturated heterocycles. The van der Waals surface area contributed by atoms with Crippen LogP contribution in [0.1, 0.15) is 28.4 Å². The van der Waals surface area contributed by atoms with Crippen LogP contribution in [-0.2, 0) is 16.0 Å². The molecule has 3 heterocycles. The summed E-state index contributed by atoms with van der Waals surface area (Å²) in [4.78, 5) is 32.3. The largest absolute Gasteiger partial charge is 0.454 e. The zero-order valence-electron chi connectivity index (χ0n) is 19.7. The topological polar surface area (TPSA) is 83.7 Å². The van der Waals surface area contributed by atoms with Crippen LogP contribution in [0.3, 0.4) is 0 Å². The van der Waals surface area contributed by atoms with Crippen LogP contribution in [0.15, 0.2) is 78.9 Å². The van der Waals surface area contributed by atoms with E-state index < -0.39 is 12.1 Å². The maximum Gasteiger partial charge on any atom is 0.248 e. The SMILES string of the molecule is CNC(=O)[C@H]1Cc2c([nH]c3ccccc23)[C@@H](c2ccc3c(c2)OCO3)N1C(=O)/C=C/c1ccccc1. The molecule has 7 heteroatoms. The Labute approximate surface area is 208 Å². The minimum absolute atomic E-state index is 0.157. The summed E-state index contributed by atoms with van der Waals surface area (Å²) >= 11 is 0. The molecule has 6 rings (SSSR count). The number of ether oxygens (including phenoxy) is 2. The number of fused-ring (bicyclic) bond motifs is 4. The summed E-state index contributed by atoms with van der Waals surface area (Å²) in [5.74, 6) is 0.827. The highest BCUT2D eigenvalue weighted by Gasteiger charge is 2.43. The third-order valence-corrected chi connectivity index (χ3v) is 6.87. The number of rotatable bonds is 4. The Kier molecular flexibility index (Phi) is 5.45. The second-order valence-corrected chi connectivity index (χ2v) is 8.90. The van der Waals surface area contributed by atoms with Crippen LogP contribution >= 0.6 is 0 Å². The summed E-state index contributed by atoms with van der Waals surface area (Å²) < 4.78 is 11.2. The van der Waals surface area contributed by atoms with Gasteiger partial charge in [-0.3, -0.25) is 9.59 Å². The number of likely N-dealkylation sites (N-methyl/N-ethyl adjacent to an activating group) is 1. The highest BCUT2D eigenvalue weighted by Crippen LogP contribution is 2.44. The fourth-order valence-electron chi connectivity index (χ4n) is 5.18. The molecule has 7 nitrogen and oxygen atoms in total. The number of H-pyrrole nitrogens is 1. The van der Waals surface area contributed by atoms with Crippen molar-refractivity contribution in [1.29, 1.82) is 0 Å². The van der Waals surface area contributed by atoms with Crippen molar-refractivity contribution in [2.75, 3.05) is 13.8 Å². The maximum absolute atomic E-state index is 13.8. The second kappa shape index (κ2) is 8.92. The van der Waals surface area contributed by atoms with Gasteiger partial charge in [-0.2, -0.15) is 0 Å². The van der Waals surface area contributed by atoms with Gasteiger partial charge in [-0.25, -0.2) is 0 Å². The van der Waals surface area contributed by atoms with Gasteiger partial charge in [0.25, 0.3) is 0 Å². The maximum atomic E-state index is 13.8. The van der Waals surface area contributed by atoms with Gasteiger partial charge in [0.15, 0.2) is 11.5 Å². The molecule has 2 N–H and O–H groups in total. The molecule has 36 heavy (non-hydrogen) atoms. The molecule has 180 valence electrons. The van der Waals surface area contributed by atoms with Gasteiger partial charge in [0.1, 0.15) is 6.04 Å². The number of benzene rings is 3. The molecule has 1 aromatic heterocycles. The van der Waals surface area contributed by atoms with Crippen LogP contribution in [-0.4, -0.2) is 41.6 Å². The number of hydrogen-bond donors (Lipinski definition) is 2. The molecular weight excluding hydrogens is 454 g/mol. The molecule has 2 aliphatic heterocycles. The molecule has 0 spiro atoms. The fourth-order valence-corrected chi connectivity index (χ4v) is 5.18. The van der Waals surface area contributed by atoms with Crippen LogP contribution in [0.4, 0.5) is 0 Å². The van der Waals surface area contributed by atoms with Crippen molar-refractivity contribution in [2.24, 2.45) is 0 Å². The van der Waals surface area contributed by atoms with Gasteiger partial charge in [0.05, 0.1) is 6.04 Å². The molecule has 0 saturated carbocycles. The molecule has 2 amide bonds. The van der Waals surface area contributed by atoms with Crippen LogP contribution < -0.4 is 14.8 Å². The monoisotopic (exact) mass is 479 g/mol. The van der Waals surface area contributed by atoms with Crippen LogP contribution in [0.5, 0.6) is 11.5 Å². The quantitative estimate of drug-likeness (QED) is 0.430. The van der Waals surface area contributed by atoms with E-state index in [1.807, 2.05) is 66.7 Å². The summed E-state index contributed by atoms with van der Waals surface area (Å²) in [6.45, 7) is 0.157. The van der Waals surface area contributed by atoms with Crippen LogP contribution in [0.2, 0.25) is 0 Å². The number of nitrogens with one attached hydrogen (secondary N) is 2. The first-order valence-electron chi connectivity index (χ1n) is 11.9. The van der Waals surface area contributed by atoms with Gasteiger partial charge in [-0.1, -0.05) is 54.6 Å². The van der Waals surface area contributed by atoms with Gasteiger partial charge in [0.2, 0.25) is 18.6 Å². The average molecular weight is 480 g/mol. The van der Waals surface area contributed by atoms with Gasteiger partial charge >= 0.3 is 0 Å². The first-order chi connectivity index (χ1) is 17.6. The van der Waals surface area contributed by atoms with E-state index in [0.717, 1.165) is 33.3 Å². The summed E-state index contributed by atoms with van der Waals surface area (Å²) in [7, 11) is 1.60. The van der Waals surface area contributed by atoms with Gasteiger partial charge in [-0.15, -0.1) is 0 Å². The molecule has 0 bridgehead atoms. The third kappa shape index (κ3) is 3.69. The Morgan fingerprint density at radius 3 is 2.61 bits per heavy atom. The molecule has 3 aromatic carbocycles. The fraction of sp³-hybridized carbons (Fsp3) is 0.172. The van der Waals surface area contributed by atoms with E-state index in [9.17, 15) is 9.59 Å². The standard InChI is InChI=1S/C29H25N3O4/c1-30-29(34)23-16-21-20-9-5-6-10-22(20)31-27(21)28(19-12-13-24-25(15-19)36-17-35-24)32(23)26(33)14-11-18-7-3-2-4-8-18/h2-15,23,28,31H,16-17H2,1H3,(H,30,34)/b14-11+/t23-,28-/m1/s1. The summed E-state index contributed by atoms with van der Waals surface area (Å²) in [5, 5.41) is 3.82. The van der Waals surface area contributed by atoms with Crippen molar-refractivity contribution in [3.05, 3.63) is 101 Å². The number of aromatic nitrogens is 1. The van der Waals surface area contributed by atoms with Crippen LogP contribution in [0, 0.1) is 0 Å². The zero-order chi connectivity index (χ0) is 24.6.